The molecule has 0 aromatic rings. The molecule has 0 rings (SSSR count). The maximum Gasteiger partial charge on any atom is 0.177 e. The first-order chi connectivity index (χ1) is 9.72. The molecule has 120 valence electrons. The molecule has 1 unspecified atom stereocenters. The molecule has 0 aliphatic heterocycles. The summed E-state index contributed by atoms with van der Waals surface area (Å²) in [7, 11) is 0. The van der Waals surface area contributed by atoms with Crippen molar-refractivity contribution in [3.63, 3.8) is 0 Å². The van der Waals surface area contributed by atoms with Gasteiger partial charge in [-0.05, 0) is 6.42 Å². The van der Waals surface area contributed by atoms with Crippen molar-refractivity contribution in [2.75, 3.05) is 0 Å². The summed E-state index contributed by atoms with van der Waals surface area (Å²) in [6.07, 6.45) is 14.0. The zero-order chi connectivity index (χ0) is 15.1. The van der Waals surface area contributed by atoms with E-state index in [1.165, 1.54) is 64.2 Å². The van der Waals surface area contributed by atoms with Crippen LogP contribution in [0.4, 0.5) is 0 Å². The van der Waals surface area contributed by atoms with E-state index in [9.17, 15) is 4.91 Å². The van der Waals surface area contributed by atoms with E-state index >= 15 is 0 Å². The number of aliphatic hydroxyl groups excluding tert-OH is 1. The van der Waals surface area contributed by atoms with Gasteiger partial charge in [0.05, 0.1) is 0 Å². The maximum atomic E-state index is 10.3. The van der Waals surface area contributed by atoms with Gasteiger partial charge in [0.15, 0.2) is 6.29 Å². The van der Waals surface area contributed by atoms with E-state index in [0.29, 0.717) is 6.42 Å². The molecule has 0 aromatic heterocycles. The van der Waals surface area contributed by atoms with E-state index < -0.39 is 12.3 Å². The summed E-state index contributed by atoms with van der Waals surface area (Å²) in [5, 5.41) is 20.4. The van der Waals surface area contributed by atoms with E-state index in [1.807, 2.05) is 0 Å². The van der Waals surface area contributed by atoms with Crippen molar-refractivity contribution in [2.24, 2.45) is 5.18 Å². The number of nitrogens with zero attached hydrogens (tertiary/aromatic N) is 1. The molecule has 0 aliphatic carbocycles. The van der Waals surface area contributed by atoms with Gasteiger partial charge in [-0.15, -0.1) is 0 Å². The Morgan fingerprint density at radius 1 is 0.750 bits per heavy atom. The van der Waals surface area contributed by atoms with E-state index in [4.69, 9.17) is 10.2 Å². The fraction of sp³-hybridized carbons (Fsp3) is 1.00. The van der Waals surface area contributed by atoms with Gasteiger partial charge in [0.1, 0.15) is 6.04 Å². The first-order valence-electron chi connectivity index (χ1n) is 8.41. The van der Waals surface area contributed by atoms with Gasteiger partial charge >= 0.3 is 0 Å². The molecular formula is C16H33NO3. The average molecular weight is 287 g/mol. The minimum atomic E-state index is -1.60. The van der Waals surface area contributed by atoms with Crippen LogP contribution in [0.15, 0.2) is 5.18 Å². The molecule has 0 aromatic carbocycles. The van der Waals surface area contributed by atoms with E-state index in [2.05, 4.69) is 12.1 Å². The normalized spacial score (nSPS) is 12.8. The Morgan fingerprint density at radius 3 is 1.50 bits per heavy atom. The highest BCUT2D eigenvalue weighted by atomic mass is 16.5. The number of hydrogen-bond acceptors (Lipinski definition) is 4. The van der Waals surface area contributed by atoms with Crippen molar-refractivity contribution >= 4 is 0 Å². The summed E-state index contributed by atoms with van der Waals surface area (Å²) in [4.78, 5) is 10.3. The predicted octanol–water partition coefficient (Wildman–Crippen LogP) is 4.52. The lowest BCUT2D eigenvalue weighted by Gasteiger charge is -2.10. The summed E-state index contributed by atoms with van der Waals surface area (Å²) >= 11 is 0. The second-order valence-corrected chi connectivity index (χ2v) is 5.76. The number of nitroso groups, excluding NO2 is 1. The van der Waals surface area contributed by atoms with Crippen LogP contribution >= 0.6 is 0 Å². The molecule has 0 saturated carbocycles. The molecule has 20 heavy (non-hydrogen) atoms. The third-order valence-corrected chi connectivity index (χ3v) is 3.83. The minimum absolute atomic E-state index is 0.485. The smallest absolute Gasteiger partial charge is 0.177 e. The Kier molecular flexibility index (Phi) is 14.6. The van der Waals surface area contributed by atoms with Crippen molar-refractivity contribution < 1.29 is 10.2 Å². The van der Waals surface area contributed by atoms with Crippen LogP contribution in [-0.2, 0) is 0 Å². The van der Waals surface area contributed by atoms with Gasteiger partial charge in [0.2, 0.25) is 0 Å². The molecule has 0 bridgehead atoms. The minimum Gasteiger partial charge on any atom is -0.366 e. The summed E-state index contributed by atoms with van der Waals surface area (Å²) in [5.41, 5.74) is 0. The molecule has 2 N–H and O–H groups in total. The van der Waals surface area contributed by atoms with E-state index in [1.54, 1.807) is 0 Å². The Bertz CT molecular complexity index is 210. The molecule has 0 amide bonds. The van der Waals surface area contributed by atoms with E-state index in [0.717, 1.165) is 12.8 Å². The topological polar surface area (TPSA) is 69.9 Å². The number of hydrogen-bond donors (Lipinski definition) is 2. The van der Waals surface area contributed by atoms with Crippen LogP contribution in [0.5, 0.6) is 0 Å². The van der Waals surface area contributed by atoms with Gasteiger partial charge < -0.3 is 10.2 Å². The SMILES string of the molecule is CCCCCCCCCCCCCCC(N=O)C(O)O. The van der Waals surface area contributed by atoms with Crippen LogP contribution in [0, 0.1) is 4.91 Å². The standard InChI is InChI=1S/C16H33NO3/c1-2-3-4-5-6-7-8-9-10-11-12-13-14-15(17-20)16(18)19/h15-16,18-19H,2-14H2,1H3. The van der Waals surface area contributed by atoms with Crippen LogP contribution in [0.25, 0.3) is 0 Å². The van der Waals surface area contributed by atoms with Crippen molar-refractivity contribution in [3.05, 3.63) is 4.91 Å². The molecule has 0 spiro atoms. The number of unbranched alkanes of at least 4 members (excludes halogenated alkanes) is 11. The van der Waals surface area contributed by atoms with E-state index in [-0.39, 0.29) is 0 Å². The zero-order valence-electron chi connectivity index (χ0n) is 13.1. The Morgan fingerprint density at radius 2 is 1.15 bits per heavy atom. The van der Waals surface area contributed by atoms with Crippen LogP contribution in [-0.4, -0.2) is 22.5 Å². The molecule has 1 atom stereocenters. The van der Waals surface area contributed by atoms with Crippen LogP contribution in [0.1, 0.15) is 90.4 Å². The molecule has 0 fully saturated rings. The lowest BCUT2D eigenvalue weighted by molar-refractivity contribution is -0.0596. The van der Waals surface area contributed by atoms with Crippen LogP contribution in [0.2, 0.25) is 0 Å². The van der Waals surface area contributed by atoms with Crippen LogP contribution in [0.3, 0.4) is 0 Å². The van der Waals surface area contributed by atoms with Gasteiger partial charge in [0, 0.05) is 0 Å². The van der Waals surface area contributed by atoms with Crippen molar-refractivity contribution in [1.29, 1.82) is 0 Å². The number of aliphatic hydroxyl groups is 2. The largest absolute Gasteiger partial charge is 0.366 e. The molecule has 4 nitrogen and oxygen atoms in total. The first-order valence-corrected chi connectivity index (χ1v) is 8.41. The van der Waals surface area contributed by atoms with Crippen LogP contribution < -0.4 is 0 Å². The third-order valence-electron chi connectivity index (χ3n) is 3.83. The lowest BCUT2D eigenvalue weighted by Crippen LogP contribution is -2.22. The first kappa shape index (κ1) is 19.5. The average Bonchev–Trinajstić information content (AvgIpc) is 2.43. The highest BCUT2D eigenvalue weighted by Crippen LogP contribution is 2.14. The third kappa shape index (κ3) is 12.5. The predicted molar refractivity (Wildman–Crippen MR) is 83.5 cm³/mol. The molecule has 0 heterocycles. The number of rotatable bonds is 15. The van der Waals surface area contributed by atoms with Crippen molar-refractivity contribution in [1.82, 2.24) is 0 Å². The van der Waals surface area contributed by atoms with Gasteiger partial charge in [-0.25, -0.2) is 0 Å². The molecule has 4 heteroatoms. The highest BCUT2D eigenvalue weighted by molar-refractivity contribution is 4.67. The summed E-state index contributed by atoms with van der Waals surface area (Å²) < 4.78 is 0. The molecule has 0 radical (unpaired) electrons. The second kappa shape index (κ2) is 14.9. The van der Waals surface area contributed by atoms with Crippen molar-refractivity contribution in [2.45, 2.75) is 103 Å². The Labute approximate surface area is 123 Å². The Hall–Kier alpha value is -0.480. The Balaban J connectivity index is 3.15. The van der Waals surface area contributed by atoms with Crippen molar-refractivity contribution in [3.8, 4) is 0 Å². The molecule has 0 aliphatic rings. The fourth-order valence-electron chi connectivity index (χ4n) is 2.45. The zero-order valence-corrected chi connectivity index (χ0v) is 13.1. The summed E-state index contributed by atoms with van der Waals surface area (Å²) in [5.74, 6) is 0. The van der Waals surface area contributed by atoms with Gasteiger partial charge in [-0.1, -0.05) is 89.2 Å². The fourth-order valence-corrected chi connectivity index (χ4v) is 2.45. The van der Waals surface area contributed by atoms with Gasteiger partial charge in [0.25, 0.3) is 0 Å². The quantitative estimate of drug-likeness (QED) is 0.264. The second-order valence-electron chi connectivity index (χ2n) is 5.76. The van der Waals surface area contributed by atoms with Gasteiger partial charge in [-0.3, -0.25) is 0 Å². The summed E-state index contributed by atoms with van der Waals surface area (Å²) in [6.45, 7) is 2.24. The maximum absolute atomic E-state index is 10.3. The summed E-state index contributed by atoms with van der Waals surface area (Å²) in [6, 6.07) is -0.849. The monoisotopic (exact) mass is 287 g/mol. The highest BCUT2D eigenvalue weighted by Gasteiger charge is 2.15. The molecular weight excluding hydrogens is 254 g/mol. The molecule has 0 saturated heterocycles. The van der Waals surface area contributed by atoms with Gasteiger partial charge in [-0.2, -0.15) is 4.91 Å². The lowest BCUT2D eigenvalue weighted by atomic mass is 10.0.